The van der Waals surface area contributed by atoms with Gasteiger partial charge in [0.05, 0.1) is 0 Å². The molecule has 1 amide bonds. The van der Waals surface area contributed by atoms with Crippen LogP contribution in [0.15, 0.2) is 4.52 Å². The Balaban J connectivity index is 1.21. The van der Waals surface area contributed by atoms with Gasteiger partial charge in [0.25, 0.3) is 5.92 Å². The molecule has 1 aromatic rings. The Morgan fingerprint density at radius 2 is 1.86 bits per heavy atom. The average molecular weight is 508 g/mol. The van der Waals surface area contributed by atoms with E-state index >= 15 is 8.78 Å². The second-order valence-corrected chi connectivity index (χ2v) is 12.4. The van der Waals surface area contributed by atoms with Crippen molar-refractivity contribution in [3.05, 3.63) is 11.7 Å². The number of alkyl halides is 2. The van der Waals surface area contributed by atoms with Crippen molar-refractivity contribution in [3.63, 3.8) is 0 Å². The van der Waals surface area contributed by atoms with E-state index < -0.39 is 11.8 Å². The van der Waals surface area contributed by atoms with Gasteiger partial charge in [-0.25, -0.2) is 8.78 Å². The van der Waals surface area contributed by atoms with Crippen molar-refractivity contribution in [1.82, 2.24) is 24.8 Å². The van der Waals surface area contributed by atoms with E-state index in [9.17, 15) is 4.79 Å². The first-order valence-corrected chi connectivity index (χ1v) is 14.0. The summed E-state index contributed by atoms with van der Waals surface area (Å²) < 4.78 is 36.0. The maximum absolute atomic E-state index is 15.3. The third-order valence-electron chi connectivity index (χ3n) is 9.59. The monoisotopic (exact) mass is 507 g/mol. The second-order valence-electron chi connectivity index (χ2n) is 12.4. The molecule has 4 aliphatic rings. The molecule has 4 fully saturated rings. The van der Waals surface area contributed by atoms with E-state index in [2.05, 4.69) is 47.8 Å². The van der Waals surface area contributed by atoms with E-state index in [-0.39, 0.29) is 30.2 Å². The van der Waals surface area contributed by atoms with Crippen LogP contribution in [-0.4, -0.2) is 88.0 Å². The van der Waals surface area contributed by atoms with Crippen molar-refractivity contribution >= 4 is 5.91 Å². The number of hydrogen-bond donors (Lipinski definition) is 0. The van der Waals surface area contributed by atoms with Crippen molar-refractivity contribution in [2.45, 2.75) is 114 Å². The van der Waals surface area contributed by atoms with Gasteiger partial charge in [0.2, 0.25) is 11.8 Å². The predicted molar refractivity (Wildman–Crippen MR) is 133 cm³/mol. The summed E-state index contributed by atoms with van der Waals surface area (Å²) in [7, 11) is 2.13. The summed E-state index contributed by atoms with van der Waals surface area (Å²) in [6, 6.07) is 0.596. The summed E-state index contributed by atoms with van der Waals surface area (Å²) in [5.41, 5.74) is -0.238. The third kappa shape index (κ3) is 5.19. The lowest BCUT2D eigenvalue weighted by atomic mass is 9.77. The van der Waals surface area contributed by atoms with Gasteiger partial charge in [-0.3, -0.25) is 14.6 Å². The Morgan fingerprint density at radius 3 is 2.53 bits per heavy atom. The van der Waals surface area contributed by atoms with Gasteiger partial charge in [-0.2, -0.15) is 4.98 Å². The van der Waals surface area contributed by atoms with Crippen molar-refractivity contribution in [3.8, 4) is 0 Å². The molecule has 2 saturated heterocycles. The van der Waals surface area contributed by atoms with Crippen molar-refractivity contribution in [2.24, 2.45) is 5.92 Å². The zero-order valence-electron chi connectivity index (χ0n) is 22.4. The molecule has 2 saturated carbocycles. The summed E-state index contributed by atoms with van der Waals surface area (Å²) >= 11 is 0. The zero-order valence-corrected chi connectivity index (χ0v) is 22.4. The normalized spacial score (nSPS) is 30.9. The third-order valence-corrected chi connectivity index (χ3v) is 9.59. The van der Waals surface area contributed by atoms with Crippen LogP contribution in [-0.2, 0) is 10.2 Å². The smallest absolute Gasteiger partial charge is 0.252 e. The summed E-state index contributed by atoms with van der Waals surface area (Å²) in [5.74, 6) is -1.96. The van der Waals surface area contributed by atoms with Gasteiger partial charge < -0.3 is 9.42 Å². The summed E-state index contributed by atoms with van der Waals surface area (Å²) in [4.78, 5) is 24.4. The highest BCUT2D eigenvalue weighted by Crippen LogP contribution is 2.45. The second kappa shape index (κ2) is 9.93. The molecule has 0 spiro atoms. The number of amides is 1. The maximum atomic E-state index is 15.3. The van der Waals surface area contributed by atoms with Crippen LogP contribution in [0.1, 0.15) is 96.2 Å². The van der Waals surface area contributed by atoms with Gasteiger partial charge in [-0.15, -0.1) is 0 Å². The van der Waals surface area contributed by atoms with Crippen molar-refractivity contribution < 1.29 is 18.1 Å². The van der Waals surface area contributed by atoms with E-state index in [0.29, 0.717) is 37.5 Å². The molecule has 0 bridgehead atoms. The Labute approximate surface area is 213 Å². The number of carbonyl (C=O) groups is 1. The Morgan fingerprint density at radius 1 is 1.14 bits per heavy atom. The van der Waals surface area contributed by atoms with Crippen LogP contribution in [0.5, 0.6) is 0 Å². The molecule has 0 aromatic carbocycles. The highest BCUT2D eigenvalue weighted by molar-refractivity contribution is 5.76. The van der Waals surface area contributed by atoms with Crippen LogP contribution < -0.4 is 0 Å². The van der Waals surface area contributed by atoms with Gasteiger partial charge in [-0.05, 0) is 65.8 Å². The number of carbonyl (C=O) groups excluding carboxylic acids is 1. The Kier molecular flexibility index (Phi) is 7.18. The first kappa shape index (κ1) is 26.0. The SMILES string of the molecule is CC(C)N(C)[C@H]1CCN([C@H]2CCCC(F)(F)[C@@H]2CC(=O)N2CCC(C)(c3noc(C4CC4)n3)CC2)C1. The van der Waals surface area contributed by atoms with Crippen LogP contribution in [0.25, 0.3) is 0 Å². The number of halogens is 2. The minimum atomic E-state index is -2.80. The molecule has 1 aromatic heterocycles. The summed E-state index contributed by atoms with van der Waals surface area (Å²) in [6.45, 7) is 9.23. The van der Waals surface area contributed by atoms with Gasteiger partial charge in [0.15, 0.2) is 5.82 Å². The van der Waals surface area contributed by atoms with E-state index in [1.54, 1.807) is 4.90 Å². The molecule has 3 atom stereocenters. The topological polar surface area (TPSA) is 65.7 Å². The lowest BCUT2D eigenvalue weighted by Crippen LogP contribution is -2.53. The molecule has 36 heavy (non-hydrogen) atoms. The van der Waals surface area contributed by atoms with Crippen LogP contribution in [0.3, 0.4) is 0 Å². The lowest BCUT2D eigenvalue weighted by Gasteiger charge is -2.44. The van der Waals surface area contributed by atoms with Crippen LogP contribution in [0, 0.1) is 5.92 Å². The molecule has 9 heteroatoms. The number of nitrogens with zero attached hydrogens (tertiary/aromatic N) is 5. The van der Waals surface area contributed by atoms with Gasteiger partial charge >= 0.3 is 0 Å². The highest BCUT2D eigenvalue weighted by Gasteiger charge is 2.51. The minimum absolute atomic E-state index is 0.0659. The molecule has 5 rings (SSSR count). The Hall–Kier alpha value is -1.61. The maximum Gasteiger partial charge on any atom is 0.252 e. The molecule has 0 radical (unpaired) electrons. The lowest BCUT2D eigenvalue weighted by molar-refractivity contribution is -0.149. The number of piperidine rings is 1. The van der Waals surface area contributed by atoms with Gasteiger partial charge in [-0.1, -0.05) is 12.1 Å². The average Bonchev–Trinajstić information content (AvgIpc) is 3.35. The number of aromatic nitrogens is 2. The summed E-state index contributed by atoms with van der Waals surface area (Å²) in [5, 5.41) is 4.24. The molecule has 3 heterocycles. The molecule has 202 valence electrons. The highest BCUT2D eigenvalue weighted by atomic mass is 19.3. The molecule has 2 aliphatic carbocycles. The number of rotatable bonds is 7. The number of hydrogen-bond acceptors (Lipinski definition) is 6. The fourth-order valence-corrected chi connectivity index (χ4v) is 6.53. The molecular formula is C27H43F2N5O2. The van der Waals surface area contributed by atoms with Crippen LogP contribution in [0.2, 0.25) is 0 Å². The zero-order chi connectivity index (χ0) is 25.7. The molecule has 0 unspecified atom stereocenters. The fourth-order valence-electron chi connectivity index (χ4n) is 6.53. The van der Waals surface area contributed by atoms with Crippen LogP contribution in [0.4, 0.5) is 8.78 Å². The van der Waals surface area contributed by atoms with E-state index in [4.69, 9.17) is 4.52 Å². The molecule has 2 aliphatic heterocycles. The fraction of sp³-hybridized carbons (Fsp3) is 0.889. The summed E-state index contributed by atoms with van der Waals surface area (Å²) in [6.07, 6.45) is 5.78. The first-order chi connectivity index (χ1) is 17.1. The Bertz CT molecular complexity index is 925. The van der Waals surface area contributed by atoms with E-state index in [1.165, 1.54) is 0 Å². The largest absolute Gasteiger partial charge is 0.343 e. The predicted octanol–water partition coefficient (Wildman–Crippen LogP) is 4.44. The molecule has 7 nitrogen and oxygen atoms in total. The van der Waals surface area contributed by atoms with Crippen molar-refractivity contribution in [2.75, 3.05) is 33.2 Å². The van der Waals surface area contributed by atoms with Gasteiger partial charge in [0, 0.05) is 74.4 Å². The first-order valence-electron chi connectivity index (χ1n) is 14.0. The van der Waals surface area contributed by atoms with E-state index in [1.807, 2.05) is 0 Å². The number of likely N-dealkylation sites (N-methyl/N-ethyl adjacent to an activating group) is 1. The van der Waals surface area contributed by atoms with Crippen molar-refractivity contribution in [1.29, 1.82) is 0 Å². The molecular weight excluding hydrogens is 464 g/mol. The van der Waals surface area contributed by atoms with Crippen LogP contribution >= 0.6 is 0 Å². The number of likely N-dealkylation sites (tertiary alicyclic amines) is 2. The quantitative estimate of drug-likeness (QED) is 0.544. The minimum Gasteiger partial charge on any atom is -0.343 e. The molecule has 0 N–H and O–H groups in total. The standard InChI is InChI=1S/C27H43F2N5O2/c1-18(2)32(4)20-9-13-34(17-20)22-6-5-10-27(28,29)21(22)16-23(35)33-14-11-26(3,12-15-33)25-30-24(36-31-25)19-7-8-19/h18-22H,5-17H2,1-4H3/t20-,21+,22-/m0/s1. The van der Waals surface area contributed by atoms with E-state index in [0.717, 1.165) is 63.3 Å². The van der Waals surface area contributed by atoms with Gasteiger partial charge in [0.1, 0.15) is 0 Å².